The van der Waals surface area contributed by atoms with Crippen LogP contribution in [0, 0.1) is 12.7 Å². The van der Waals surface area contributed by atoms with Crippen LogP contribution in [-0.4, -0.2) is 10.1 Å². The number of hydrogen-bond donors (Lipinski definition) is 1. The second-order valence-corrected chi connectivity index (χ2v) is 4.52. The van der Waals surface area contributed by atoms with E-state index in [0.717, 1.165) is 5.69 Å². The van der Waals surface area contributed by atoms with Crippen LogP contribution in [0.4, 0.5) is 4.39 Å². The second-order valence-electron chi connectivity index (χ2n) is 4.08. The summed E-state index contributed by atoms with van der Waals surface area (Å²) in [4.78, 5) is 4.15. The van der Waals surface area contributed by atoms with Gasteiger partial charge in [0.25, 0.3) is 0 Å². The molecule has 100 valence electrons. The Hall–Kier alpha value is -1.65. The van der Waals surface area contributed by atoms with Crippen molar-refractivity contribution in [1.82, 2.24) is 4.98 Å². The first-order valence-corrected chi connectivity index (χ1v) is 6.12. The van der Waals surface area contributed by atoms with E-state index in [2.05, 4.69) is 4.98 Å². The lowest BCUT2D eigenvalue weighted by atomic mass is 10.2. The minimum Gasteiger partial charge on any atom is -0.487 e. The zero-order chi connectivity index (χ0) is 13.8. The molecule has 1 aromatic heterocycles. The largest absolute Gasteiger partial charge is 0.487 e. The van der Waals surface area contributed by atoms with E-state index in [1.807, 2.05) is 6.92 Å². The normalized spacial score (nSPS) is 10.5. The van der Waals surface area contributed by atoms with Crippen molar-refractivity contribution in [2.75, 3.05) is 0 Å². The third-order valence-electron chi connectivity index (χ3n) is 2.62. The topological polar surface area (TPSA) is 42.4 Å². The quantitative estimate of drug-likeness (QED) is 0.935. The number of ether oxygens (including phenoxy) is 1. The van der Waals surface area contributed by atoms with Gasteiger partial charge in [-0.1, -0.05) is 17.7 Å². The van der Waals surface area contributed by atoms with Crippen LogP contribution in [0.15, 0.2) is 30.3 Å². The zero-order valence-corrected chi connectivity index (χ0v) is 11.1. The predicted octanol–water partition coefficient (Wildman–Crippen LogP) is 3.25. The number of rotatable bonds is 4. The minimum absolute atomic E-state index is 0.0563. The van der Waals surface area contributed by atoms with Gasteiger partial charge in [0, 0.05) is 16.3 Å². The molecule has 1 N–H and O–H groups in total. The highest BCUT2D eigenvalue weighted by molar-refractivity contribution is 6.30. The summed E-state index contributed by atoms with van der Waals surface area (Å²) in [5.74, 6) is 0.0283. The molecule has 0 saturated heterocycles. The highest BCUT2D eigenvalue weighted by Crippen LogP contribution is 2.20. The maximum absolute atomic E-state index is 13.6. The van der Waals surface area contributed by atoms with Gasteiger partial charge in [-0.3, -0.25) is 4.98 Å². The molecule has 0 bridgehead atoms. The second kappa shape index (κ2) is 5.99. The van der Waals surface area contributed by atoms with E-state index >= 15 is 0 Å². The van der Waals surface area contributed by atoms with E-state index in [4.69, 9.17) is 16.3 Å². The molecule has 0 aliphatic heterocycles. The molecule has 19 heavy (non-hydrogen) atoms. The summed E-state index contributed by atoms with van der Waals surface area (Å²) in [5.41, 5.74) is 1.62. The van der Waals surface area contributed by atoms with Crippen LogP contribution in [0.1, 0.15) is 17.0 Å². The number of aliphatic hydroxyl groups excluding tert-OH is 1. The summed E-state index contributed by atoms with van der Waals surface area (Å²) < 4.78 is 19.1. The van der Waals surface area contributed by atoms with Crippen LogP contribution < -0.4 is 4.74 Å². The van der Waals surface area contributed by atoms with Gasteiger partial charge < -0.3 is 9.84 Å². The summed E-state index contributed by atoms with van der Waals surface area (Å²) in [6.45, 7) is 1.66. The molecule has 1 aromatic carbocycles. The first-order chi connectivity index (χ1) is 9.10. The number of halogens is 2. The molecule has 1 heterocycles. The Kier molecular flexibility index (Phi) is 4.35. The van der Waals surface area contributed by atoms with E-state index in [9.17, 15) is 9.50 Å². The maximum Gasteiger partial charge on any atom is 0.143 e. The van der Waals surface area contributed by atoms with Gasteiger partial charge >= 0.3 is 0 Å². The summed E-state index contributed by atoms with van der Waals surface area (Å²) in [7, 11) is 0. The Labute approximate surface area is 115 Å². The van der Waals surface area contributed by atoms with Crippen LogP contribution >= 0.6 is 11.6 Å². The third kappa shape index (κ3) is 3.43. The Balaban J connectivity index is 2.14. The van der Waals surface area contributed by atoms with Gasteiger partial charge in [0.05, 0.1) is 6.61 Å². The van der Waals surface area contributed by atoms with Crippen molar-refractivity contribution in [2.24, 2.45) is 0 Å². The van der Waals surface area contributed by atoms with Crippen LogP contribution in [-0.2, 0) is 13.2 Å². The fraction of sp³-hybridized carbons (Fsp3) is 0.214. The van der Waals surface area contributed by atoms with Gasteiger partial charge in [-0.25, -0.2) is 4.39 Å². The van der Waals surface area contributed by atoms with Gasteiger partial charge in [0.2, 0.25) is 0 Å². The molecule has 2 aromatic rings. The molecular formula is C14H13ClFNO2. The Bertz CT molecular complexity index is 590. The zero-order valence-electron chi connectivity index (χ0n) is 10.4. The number of aryl methyl sites for hydroxylation is 1. The van der Waals surface area contributed by atoms with E-state index < -0.39 is 5.82 Å². The highest BCUT2D eigenvalue weighted by Gasteiger charge is 2.08. The molecular weight excluding hydrogens is 269 g/mol. The van der Waals surface area contributed by atoms with E-state index in [0.29, 0.717) is 22.0 Å². The number of benzene rings is 1. The van der Waals surface area contributed by atoms with Crippen molar-refractivity contribution >= 4 is 11.6 Å². The molecule has 0 aliphatic rings. The SMILES string of the molecule is Cc1ccc(OCc2ccc(Cl)cc2F)c(CO)n1. The maximum atomic E-state index is 13.6. The standard InChI is InChI=1S/C14H13ClFNO2/c1-9-2-5-14(13(7-18)17-9)19-8-10-3-4-11(15)6-12(10)16/h2-6,18H,7-8H2,1H3. The fourth-order valence-electron chi connectivity index (χ4n) is 1.64. The van der Waals surface area contributed by atoms with Gasteiger partial charge in [-0.15, -0.1) is 0 Å². The van der Waals surface area contributed by atoms with E-state index in [1.165, 1.54) is 6.07 Å². The summed E-state index contributed by atoms with van der Waals surface area (Å²) >= 11 is 5.68. The molecule has 0 fully saturated rings. The molecule has 0 saturated carbocycles. The molecule has 0 amide bonds. The first-order valence-electron chi connectivity index (χ1n) is 5.74. The van der Waals surface area contributed by atoms with Gasteiger partial charge in [-0.2, -0.15) is 0 Å². The van der Waals surface area contributed by atoms with Crippen molar-refractivity contribution in [2.45, 2.75) is 20.1 Å². The smallest absolute Gasteiger partial charge is 0.143 e. The predicted molar refractivity (Wildman–Crippen MR) is 70.6 cm³/mol. The summed E-state index contributed by atoms with van der Waals surface area (Å²) in [6, 6.07) is 7.89. The average molecular weight is 282 g/mol. The molecule has 2 rings (SSSR count). The first kappa shape index (κ1) is 13.8. The summed E-state index contributed by atoms with van der Waals surface area (Å²) in [6.07, 6.45) is 0. The molecule has 0 atom stereocenters. The molecule has 0 aliphatic carbocycles. The Morgan fingerprint density at radius 2 is 2.11 bits per heavy atom. The monoisotopic (exact) mass is 281 g/mol. The molecule has 3 nitrogen and oxygen atoms in total. The molecule has 5 heteroatoms. The molecule has 0 unspecified atom stereocenters. The van der Waals surface area contributed by atoms with Crippen molar-refractivity contribution in [3.8, 4) is 5.75 Å². The average Bonchev–Trinajstić information content (AvgIpc) is 2.39. The van der Waals surface area contributed by atoms with E-state index in [1.54, 1.807) is 24.3 Å². The van der Waals surface area contributed by atoms with Crippen LogP contribution in [0.5, 0.6) is 5.75 Å². The Morgan fingerprint density at radius 1 is 1.32 bits per heavy atom. The van der Waals surface area contributed by atoms with Crippen LogP contribution in [0.25, 0.3) is 0 Å². The van der Waals surface area contributed by atoms with Gasteiger partial charge in [0.15, 0.2) is 0 Å². The highest BCUT2D eigenvalue weighted by atomic mass is 35.5. The molecule has 0 radical (unpaired) electrons. The lowest BCUT2D eigenvalue weighted by Gasteiger charge is -2.10. The lowest BCUT2D eigenvalue weighted by molar-refractivity contribution is 0.251. The van der Waals surface area contributed by atoms with Crippen molar-refractivity contribution in [3.63, 3.8) is 0 Å². The van der Waals surface area contributed by atoms with E-state index in [-0.39, 0.29) is 13.2 Å². The van der Waals surface area contributed by atoms with Crippen LogP contribution in [0.3, 0.4) is 0 Å². The lowest BCUT2D eigenvalue weighted by Crippen LogP contribution is -2.03. The fourth-order valence-corrected chi connectivity index (χ4v) is 1.80. The third-order valence-corrected chi connectivity index (χ3v) is 2.85. The Morgan fingerprint density at radius 3 is 2.79 bits per heavy atom. The van der Waals surface area contributed by atoms with Crippen LogP contribution in [0.2, 0.25) is 5.02 Å². The number of hydrogen-bond acceptors (Lipinski definition) is 3. The number of aliphatic hydroxyl groups is 1. The minimum atomic E-state index is -0.418. The number of nitrogens with zero attached hydrogens (tertiary/aromatic N) is 1. The van der Waals surface area contributed by atoms with Gasteiger partial charge in [-0.05, 0) is 31.2 Å². The van der Waals surface area contributed by atoms with Crippen molar-refractivity contribution in [1.29, 1.82) is 0 Å². The van der Waals surface area contributed by atoms with Crippen molar-refractivity contribution < 1.29 is 14.2 Å². The number of aromatic nitrogens is 1. The van der Waals surface area contributed by atoms with Crippen molar-refractivity contribution in [3.05, 3.63) is 58.1 Å². The molecule has 0 spiro atoms. The van der Waals surface area contributed by atoms with Gasteiger partial charge in [0.1, 0.15) is 23.9 Å². The summed E-state index contributed by atoms with van der Waals surface area (Å²) in [5, 5.41) is 9.54. The number of pyridine rings is 1.